The molecule has 0 bridgehead atoms. The molecule has 1 saturated carbocycles. The number of esters is 2. The van der Waals surface area contributed by atoms with Crippen molar-refractivity contribution >= 4 is 11.9 Å². The summed E-state index contributed by atoms with van der Waals surface area (Å²) in [5.41, 5.74) is 3.42. The highest BCUT2D eigenvalue weighted by Crippen LogP contribution is 2.38. The SMILES string of the molecule is C=C(C)C(=O)OCC(COC(=O)C(=C)C(C)(C)O)c1ccc(-c2ccc(C3CCC(CCCCC)CC3)cc2)cc1. The van der Waals surface area contributed by atoms with Crippen LogP contribution in [0.3, 0.4) is 0 Å². The molecule has 0 spiro atoms. The quantitative estimate of drug-likeness (QED) is 0.143. The zero-order valence-electron chi connectivity index (χ0n) is 25.4. The van der Waals surface area contributed by atoms with Crippen LogP contribution in [0.5, 0.6) is 0 Å². The zero-order valence-corrected chi connectivity index (χ0v) is 25.4. The minimum Gasteiger partial charge on any atom is -0.462 e. The van der Waals surface area contributed by atoms with Crippen molar-refractivity contribution in [3.05, 3.63) is 84.0 Å². The van der Waals surface area contributed by atoms with Crippen LogP contribution in [0, 0.1) is 5.92 Å². The predicted molar refractivity (Wildman–Crippen MR) is 166 cm³/mol. The van der Waals surface area contributed by atoms with E-state index in [9.17, 15) is 14.7 Å². The molecule has 5 nitrogen and oxygen atoms in total. The maximum atomic E-state index is 12.4. The Kier molecular flexibility index (Phi) is 12.0. The summed E-state index contributed by atoms with van der Waals surface area (Å²) in [6, 6.07) is 17.0. The maximum absolute atomic E-state index is 12.4. The van der Waals surface area contributed by atoms with Crippen LogP contribution in [0.1, 0.15) is 102 Å². The van der Waals surface area contributed by atoms with Gasteiger partial charge in [0.25, 0.3) is 0 Å². The summed E-state index contributed by atoms with van der Waals surface area (Å²) in [6.07, 6.45) is 10.7. The van der Waals surface area contributed by atoms with Crippen molar-refractivity contribution in [1.29, 1.82) is 0 Å². The first-order valence-electron chi connectivity index (χ1n) is 15.1. The summed E-state index contributed by atoms with van der Waals surface area (Å²) in [5, 5.41) is 10.1. The number of carbonyl (C=O) groups is 2. The van der Waals surface area contributed by atoms with Gasteiger partial charge in [-0.15, -0.1) is 0 Å². The topological polar surface area (TPSA) is 72.8 Å². The standard InChI is InChI=1S/C36H48O5/c1-7-8-9-10-27-11-13-28(14-12-27)29-15-17-30(18-16-29)31-19-21-32(22-20-31)33(23-40-34(37)25(2)3)24-41-35(38)26(4)36(5,6)39/h15-22,27-28,33,39H,2,4,7-14,23-24H2,1,3,5-6H3. The molecule has 1 aliphatic rings. The maximum Gasteiger partial charge on any atom is 0.336 e. The van der Waals surface area contributed by atoms with Crippen molar-refractivity contribution in [2.75, 3.05) is 13.2 Å². The first-order valence-corrected chi connectivity index (χ1v) is 15.1. The number of hydrogen-bond donors (Lipinski definition) is 1. The third-order valence-electron chi connectivity index (χ3n) is 8.32. The number of benzene rings is 2. The summed E-state index contributed by atoms with van der Waals surface area (Å²) in [7, 11) is 0. The van der Waals surface area contributed by atoms with Crippen molar-refractivity contribution in [3.63, 3.8) is 0 Å². The minimum atomic E-state index is -1.39. The Morgan fingerprint density at radius 3 is 1.93 bits per heavy atom. The van der Waals surface area contributed by atoms with Gasteiger partial charge in [-0.3, -0.25) is 0 Å². The first kappa shape index (κ1) is 32.3. The number of unbranched alkanes of at least 4 members (excludes halogenated alkanes) is 2. The summed E-state index contributed by atoms with van der Waals surface area (Å²) >= 11 is 0. The molecule has 222 valence electrons. The molecule has 5 heteroatoms. The molecule has 0 aliphatic heterocycles. The zero-order chi connectivity index (χ0) is 30.0. The van der Waals surface area contributed by atoms with Gasteiger partial charge in [-0.05, 0) is 80.5 Å². The van der Waals surface area contributed by atoms with E-state index in [1.807, 2.05) is 24.3 Å². The van der Waals surface area contributed by atoms with E-state index in [-0.39, 0.29) is 24.7 Å². The molecule has 2 aromatic rings. The molecule has 1 fully saturated rings. The highest BCUT2D eigenvalue weighted by molar-refractivity contribution is 5.89. The molecule has 0 heterocycles. The smallest absolute Gasteiger partial charge is 0.336 e. The Morgan fingerprint density at radius 2 is 1.41 bits per heavy atom. The molecule has 1 N–H and O–H groups in total. The van der Waals surface area contributed by atoms with Crippen LogP contribution in [-0.4, -0.2) is 35.9 Å². The van der Waals surface area contributed by atoms with Crippen LogP contribution in [0.25, 0.3) is 11.1 Å². The fraction of sp³-hybridized carbons (Fsp3) is 0.500. The van der Waals surface area contributed by atoms with Crippen LogP contribution in [-0.2, 0) is 19.1 Å². The van der Waals surface area contributed by atoms with E-state index < -0.39 is 17.5 Å². The molecule has 0 saturated heterocycles. The second-order valence-electron chi connectivity index (χ2n) is 12.2. The van der Waals surface area contributed by atoms with Gasteiger partial charge in [-0.25, -0.2) is 9.59 Å². The van der Waals surface area contributed by atoms with E-state index in [1.54, 1.807) is 6.92 Å². The van der Waals surface area contributed by atoms with Gasteiger partial charge < -0.3 is 14.6 Å². The van der Waals surface area contributed by atoms with Gasteiger partial charge in [0, 0.05) is 5.57 Å². The minimum absolute atomic E-state index is 0.0215. The lowest BCUT2D eigenvalue weighted by atomic mass is 9.77. The van der Waals surface area contributed by atoms with E-state index in [0.29, 0.717) is 11.5 Å². The van der Waals surface area contributed by atoms with Crippen LogP contribution in [0.2, 0.25) is 0 Å². The third-order valence-corrected chi connectivity index (χ3v) is 8.32. The molecule has 41 heavy (non-hydrogen) atoms. The Labute approximate surface area is 246 Å². The fourth-order valence-corrected chi connectivity index (χ4v) is 5.42. The van der Waals surface area contributed by atoms with Gasteiger partial charge >= 0.3 is 11.9 Å². The summed E-state index contributed by atoms with van der Waals surface area (Å²) in [6.45, 7) is 14.1. The number of ether oxygens (including phenoxy) is 2. The summed E-state index contributed by atoms with van der Waals surface area (Å²) in [5.74, 6) is 0.00373. The monoisotopic (exact) mass is 560 g/mol. The lowest BCUT2D eigenvalue weighted by Gasteiger charge is -2.29. The molecule has 1 aliphatic carbocycles. The molecule has 1 atom stereocenters. The molecular weight excluding hydrogens is 512 g/mol. The van der Waals surface area contributed by atoms with Crippen LogP contribution < -0.4 is 0 Å². The molecule has 2 aromatic carbocycles. The van der Waals surface area contributed by atoms with Crippen molar-refractivity contribution in [2.24, 2.45) is 5.92 Å². The fourth-order valence-electron chi connectivity index (χ4n) is 5.42. The molecule has 1 unspecified atom stereocenters. The average Bonchev–Trinajstić information content (AvgIpc) is 2.96. The van der Waals surface area contributed by atoms with E-state index >= 15 is 0 Å². The van der Waals surface area contributed by atoms with Gasteiger partial charge in [-0.2, -0.15) is 0 Å². The van der Waals surface area contributed by atoms with E-state index in [0.717, 1.165) is 22.6 Å². The second-order valence-corrected chi connectivity index (χ2v) is 12.2. The van der Waals surface area contributed by atoms with Gasteiger partial charge in [0.05, 0.1) is 17.1 Å². The lowest BCUT2D eigenvalue weighted by Crippen LogP contribution is -2.29. The molecule has 0 aromatic heterocycles. The van der Waals surface area contributed by atoms with E-state index in [2.05, 4.69) is 44.3 Å². The molecule has 0 radical (unpaired) electrons. The third kappa shape index (κ3) is 9.71. The summed E-state index contributed by atoms with van der Waals surface area (Å²) < 4.78 is 10.8. The van der Waals surface area contributed by atoms with Crippen LogP contribution in [0.4, 0.5) is 0 Å². The molecule has 3 rings (SSSR count). The normalized spacial score (nSPS) is 17.9. The van der Waals surface area contributed by atoms with E-state index in [4.69, 9.17) is 9.47 Å². The number of aliphatic hydroxyl groups is 1. The second kappa shape index (κ2) is 15.2. The molecular formula is C36H48O5. The lowest BCUT2D eigenvalue weighted by molar-refractivity contribution is -0.143. The van der Waals surface area contributed by atoms with Crippen molar-refractivity contribution in [1.82, 2.24) is 0 Å². The van der Waals surface area contributed by atoms with E-state index in [1.165, 1.54) is 70.8 Å². The number of rotatable bonds is 14. The van der Waals surface area contributed by atoms with Crippen LogP contribution in [0.15, 0.2) is 72.8 Å². The largest absolute Gasteiger partial charge is 0.462 e. The van der Waals surface area contributed by atoms with Crippen molar-refractivity contribution < 1.29 is 24.2 Å². The van der Waals surface area contributed by atoms with Gasteiger partial charge in [-0.1, -0.05) is 94.3 Å². The summed E-state index contributed by atoms with van der Waals surface area (Å²) in [4.78, 5) is 24.4. The number of carbonyl (C=O) groups excluding carboxylic acids is 2. The Hall–Kier alpha value is -3.18. The van der Waals surface area contributed by atoms with Crippen molar-refractivity contribution in [3.8, 4) is 11.1 Å². The van der Waals surface area contributed by atoms with Gasteiger partial charge in [0.15, 0.2) is 0 Å². The van der Waals surface area contributed by atoms with Crippen molar-refractivity contribution in [2.45, 2.75) is 96.5 Å². The first-order chi connectivity index (χ1) is 19.5. The molecule has 0 amide bonds. The van der Waals surface area contributed by atoms with Crippen LogP contribution >= 0.6 is 0 Å². The average molecular weight is 561 g/mol. The Morgan fingerprint density at radius 1 is 0.878 bits per heavy atom. The predicted octanol–water partition coefficient (Wildman–Crippen LogP) is 8.28. The van der Waals surface area contributed by atoms with Gasteiger partial charge in [0.2, 0.25) is 0 Å². The van der Waals surface area contributed by atoms with Gasteiger partial charge in [0.1, 0.15) is 13.2 Å². The number of hydrogen-bond acceptors (Lipinski definition) is 5. The highest BCUT2D eigenvalue weighted by atomic mass is 16.5. The highest BCUT2D eigenvalue weighted by Gasteiger charge is 2.27. The Balaban J connectivity index is 1.64. The Bertz CT molecular complexity index is 1160.